The first-order valence-corrected chi connectivity index (χ1v) is 12.8. The van der Waals surface area contributed by atoms with Crippen LogP contribution in [0.2, 0.25) is 0 Å². The fourth-order valence-electron chi connectivity index (χ4n) is 4.06. The average molecular weight is 583 g/mol. The van der Waals surface area contributed by atoms with Crippen molar-refractivity contribution in [3.05, 3.63) is 76.0 Å². The van der Waals surface area contributed by atoms with E-state index in [-0.39, 0.29) is 11.5 Å². The zero-order valence-corrected chi connectivity index (χ0v) is 23.8. The normalized spacial score (nSPS) is 12.5. The van der Waals surface area contributed by atoms with E-state index in [1.807, 2.05) is 52.8 Å². The summed E-state index contributed by atoms with van der Waals surface area (Å²) in [5, 5.41) is 7.40. The van der Waals surface area contributed by atoms with Gasteiger partial charge in [-0.2, -0.15) is 31.4 Å². The lowest BCUT2D eigenvalue weighted by Crippen LogP contribution is -2.42. The van der Waals surface area contributed by atoms with Crippen LogP contribution in [0.15, 0.2) is 42.5 Å². The Bertz CT molecular complexity index is 1420. The molecule has 3 rings (SSSR count). The van der Waals surface area contributed by atoms with Crippen molar-refractivity contribution in [1.82, 2.24) is 14.7 Å². The number of rotatable bonds is 6. The van der Waals surface area contributed by atoms with Gasteiger partial charge >= 0.3 is 12.4 Å². The van der Waals surface area contributed by atoms with Crippen LogP contribution in [0.3, 0.4) is 0 Å². The summed E-state index contributed by atoms with van der Waals surface area (Å²) in [5.74, 6) is -1.56. The number of benzene rings is 2. The molecule has 0 fully saturated rings. The Morgan fingerprint density at radius 1 is 0.927 bits per heavy atom. The van der Waals surface area contributed by atoms with Crippen LogP contribution in [0.4, 0.5) is 32.2 Å². The molecule has 0 spiro atoms. The third kappa shape index (κ3) is 7.28. The zero-order valence-electron chi connectivity index (χ0n) is 23.8. The molecule has 0 unspecified atom stereocenters. The molecule has 2 amide bonds. The van der Waals surface area contributed by atoms with Crippen molar-refractivity contribution in [2.24, 2.45) is 0 Å². The molecule has 1 N–H and O–H groups in total. The molecule has 41 heavy (non-hydrogen) atoms. The Balaban J connectivity index is 1.98. The second-order valence-corrected chi connectivity index (χ2v) is 11.2. The van der Waals surface area contributed by atoms with E-state index in [1.54, 1.807) is 10.7 Å². The summed E-state index contributed by atoms with van der Waals surface area (Å²) in [4.78, 5) is 27.3. The number of amides is 2. The van der Waals surface area contributed by atoms with Crippen molar-refractivity contribution in [1.29, 1.82) is 0 Å². The summed E-state index contributed by atoms with van der Waals surface area (Å²) in [5.41, 5.74) is -1.18. The van der Waals surface area contributed by atoms with Crippen molar-refractivity contribution in [3.63, 3.8) is 0 Å². The summed E-state index contributed by atoms with van der Waals surface area (Å²) in [6.07, 6.45) is -10.2. The van der Waals surface area contributed by atoms with Gasteiger partial charge in [0.05, 0.1) is 22.5 Å². The lowest BCUT2D eigenvalue weighted by atomic mass is 9.92. The van der Waals surface area contributed by atoms with Crippen LogP contribution in [-0.4, -0.2) is 39.1 Å². The largest absolute Gasteiger partial charge is 0.416 e. The van der Waals surface area contributed by atoms with Crippen molar-refractivity contribution in [3.8, 4) is 5.69 Å². The predicted molar refractivity (Wildman–Crippen MR) is 143 cm³/mol. The number of halogens is 6. The predicted octanol–water partition coefficient (Wildman–Crippen LogP) is 7.31. The van der Waals surface area contributed by atoms with Gasteiger partial charge in [-0.25, -0.2) is 4.68 Å². The first-order valence-electron chi connectivity index (χ1n) is 12.8. The standard InChI is InChI=1S/C29H32F6N4O2/c1-16(2)38(26(41)19-11-20(28(30,31)32)13-21(12-19)29(33,34)35)15-25(40)36-24-14-23(27(5,6)7)37-39(24)22-10-8-9-17(3)18(22)4/h8-14,16H,15H2,1-7H3,(H,36,40). The molecular weight excluding hydrogens is 550 g/mol. The maximum absolute atomic E-state index is 13.4. The molecule has 0 bridgehead atoms. The van der Waals surface area contributed by atoms with Crippen molar-refractivity contribution < 1.29 is 35.9 Å². The third-order valence-corrected chi connectivity index (χ3v) is 6.58. The van der Waals surface area contributed by atoms with Gasteiger partial charge in [0.15, 0.2) is 0 Å². The fraction of sp³-hybridized carbons (Fsp3) is 0.414. The van der Waals surface area contributed by atoms with Gasteiger partial charge in [-0.05, 0) is 63.1 Å². The monoisotopic (exact) mass is 582 g/mol. The molecule has 0 aliphatic rings. The Hall–Kier alpha value is -3.83. The molecule has 2 aromatic carbocycles. The van der Waals surface area contributed by atoms with E-state index in [0.717, 1.165) is 16.0 Å². The van der Waals surface area contributed by atoms with Crippen LogP contribution < -0.4 is 5.32 Å². The summed E-state index contributed by atoms with van der Waals surface area (Å²) < 4.78 is 81.7. The second-order valence-electron chi connectivity index (χ2n) is 11.2. The maximum Gasteiger partial charge on any atom is 0.416 e. The van der Waals surface area contributed by atoms with Crippen molar-refractivity contribution in [2.45, 2.75) is 72.3 Å². The number of carbonyl (C=O) groups excluding carboxylic acids is 2. The van der Waals surface area contributed by atoms with Gasteiger partial charge < -0.3 is 10.2 Å². The number of carbonyl (C=O) groups is 2. The summed E-state index contributed by atoms with van der Waals surface area (Å²) >= 11 is 0. The van der Waals surface area contributed by atoms with E-state index < -0.39 is 53.4 Å². The minimum atomic E-state index is -5.12. The number of alkyl halides is 6. The van der Waals surface area contributed by atoms with Gasteiger partial charge in [-0.15, -0.1) is 0 Å². The number of nitrogens with zero attached hydrogens (tertiary/aromatic N) is 3. The summed E-state index contributed by atoms with van der Waals surface area (Å²) in [7, 11) is 0. The molecule has 0 aliphatic carbocycles. The molecule has 1 aromatic heterocycles. The van der Waals surface area contributed by atoms with Gasteiger partial charge in [-0.1, -0.05) is 32.9 Å². The highest BCUT2D eigenvalue weighted by atomic mass is 19.4. The van der Waals surface area contributed by atoms with Gasteiger partial charge in [0.25, 0.3) is 5.91 Å². The lowest BCUT2D eigenvalue weighted by Gasteiger charge is -2.27. The molecule has 0 aliphatic heterocycles. The lowest BCUT2D eigenvalue weighted by molar-refractivity contribution is -0.143. The van der Waals surface area contributed by atoms with Crippen LogP contribution in [-0.2, 0) is 22.6 Å². The maximum atomic E-state index is 13.4. The second kappa shape index (κ2) is 11.2. The molecule has 12 heteroatoms. The Morgan fingerprint density at radius 2 is 1.49 bits per heavy atom. The van der Waals surface area contributed by atoms with Gasteiger partial charge in [-0.3, -0.25) is 9.59 Å². The first-order chi connectivity index (χ1) is 18.7. The number of hydrogen-bond acceptors (Lipinski definition) is 3. The minimum Gasteiger partial charge on any atom is -0.327 e. The third-order valence-electron chi connectivity index (χ3n) is 6.58. The van der Waals surface area contributed by atoms with E-state index in [2.05, 4.69) is 10.4 Å². The molecule has 0 saturated heterocycles. The molecule has 1 heterocycles. The van der Waals surface area contributed by atoms with Gasteiger partial charge in [0, 0.05) is 23.1 Å². The SMILES string of the molecule is Cc1cccc(-n2nc(C(C)(C)C)cc2NC(=O)CN(C(=O)c2cc(C(F)(F)F)cc(C(F)(F)F)c2)C(C)C)c1C. The van der Waals surface area contributed by atoms with E-state index >= 15 is 0 Å². The molecular formula is C29H32F6N4O2. The molecule has 0 radical (unpaired) electrons. The van der Waals surface area contributed by atoms with E-state index in [1.165, 1.54) is 13.8 Å². The molecule has 0 saturated carbocycles. The quantitative estimate of drug-likeness (QED) is 0.310. The van der Waals surface area contributed by atoms with Crippen LogP contribution in [0.25, 0.3) is 5.69 Å². The van der Waals surface area contributed by atoms with E-state index in [0.29, 0.717) is 29.3 Å². The highest BCUT2D eigenvalue weighted by Crippen LogP contribution is 2.37. The Kier molecular flexibility index (Phi) is 8.67. The summed E-state index contributed by atoms with van der Waals surface area (Å²) in [6, 6.07) is 7.21. The number of hydrogen-bond donors (Lipinski definition) is 1. The van der Waals surface area contributed by atoms with Gasteiger partial charge in [0.1, 0.15) is 12.4 Å². The molecule has 222 valence electrons. The van der Waals surface area contributed by atoms with Crippen LogP contribution >= 0.6 is 0 Å². The number of aryl methyl sites for hydroxylation is 1. The number of aromatic nitrogens is 2. The highest BCUT2D eigenvalue weighted by molar-refractivity contribution is 5.99. The van der Waals surface area contributed by atoms with Crippen LogP contribution in [0, 0.1) is 13.8 Å². The van der Waals surface area contributed by atoms with Crippen LogP contribution in [0.1, 0.15) is 72.9 Å². The average Bonchev–Trinajstić information content (AvgIpc) is 3.26. The summed E-state index contributed by atoms with van der Waals surface area (Å²) in [6.45, 7) is 12.0. The zero-order chi connectivity index (χ0) is 31.1. The molecule has 3 aromatic rings. The first kappa shape index (κ1) is 31.7. The molecule has 0 atom stereocenters. The smallest absolute Gasteiger partial charge is 0.327 e. The Labute approximate surface area is 234 Å². The number of nitrogens with one attached hydrogen (secondary N) is 1. The van der Waals surface area contributed by atoms with Crippen molar-refractivity contribution in [2.75, 3.05) is 11.9 Å². The van der Waals surface area contributed by atoms with Gasteiger partial charge in [0.2, 0.25) is 5.91 Å². The topological polar surface area (TPSA) is 67.2 Å². The van der Waals surface area contributed by atoms with E-state index in [9.17, 15) is 35.9 Å². The number of anilines is 1. The fourth-order valence-corrected chi connectivity index (χ4v) is 4.06. The Morgan fingerprint density at radius 3 is 1.98 bits per heavy atom. The molecule has 6 nitrogen and oxygen atoms in total. The highest BCUT2D eigenvalue weighted by Gasteiger charge is 2.38. The van der Waals surface area contributed by atoms with E-state index in [4.69, 9.17) is 0 Å². The minimum absolute atomic E-state index is 0.0511. The van der Waals surface area contributed by atoms with Crippen LogP contribution in [0.5, 0.6) is 0 Å². The van der Waals surface area contributed by atoms with Crippen molar-refractivity contribution >= 4 is 17.6 Å².